The van der Waals surface area contributed by atoms with Crippen molar-refractivity contribution in [2.75, 3.05) is 11.9 Å². The van der Waals surface area contributed by atoms with Crippen LogP contribution < -0.4 is 10.1 Å². The number of amides is 1. The van der Waals surface area contributed by atoms with Crippen LogP contribution in [0.2, 0.25) is 0 Å². The maximum atomic E-state index is 13.0. The average Bonchev–Trinajstić information content (AvgIpc) is 3.50. The van der Waals surface area contributed by atoms with Gasteiger partial charge in [0.25, 0.3) is 5.91 Å². The second kappa shape index (κ2) is 9.40. The molecule has 0 aliphatic carbocycles. The Morgan fingerprint density at radius 2 is 2.12 bits per heavy atom. The van der Waals surface area contributed by atoms with Gasteiger partial charge in [-0.3, -0.25) is 20.2 Å². The number of rotatable bonds is 4. The smallest absolute Gasteiger partial charge is 0.254 e. The molecule has 3 aromatic rings. The van der Waals surface area contributed by atoms with Gasteiger partial charge in [0.2, 0.25) is 5.95 Å². The van der Waals surface area contributed by atoms with Crippen molar-refractivity contribution in [1.82, 2.24) is 20.2 Å². The van der Waals surface area contributed by atoms with Crippen LogP contribution in [0.3, 0.4) is 0 Å². The Morgan fingerprint density at radius 3 is 3.03 bits per heavy atom. The second-order valence-corrected chi connectivity index (χ2v) is 8.61. The monoisotopic (exact) mass is 445 g/mol. The van der Waals surface area contributed by atoms with E-state index in [0.29, 0.717) is 5.82 Å². The Labute approximate surface area is 190 Å². The molecule has 0 unspecified atom stereocenters. The molecular formula is C24H23N5O2S. The third kappa shape index (κ3) is 4.60. The Hall–Kier alpha value is -3.39. The Kier molecular flexibility index (Phi) is 6.02. The minimum Gasteiger partial charge on any atom is -0.493 e. The number of carbonyl (C=O) groups is 1. The number of thioether (sulfide) groups is 1. The number of carbonyl (C=O) groups excluding carboxylic acids is 1. The van der Waals surface area contributed by atoms with Gasteiger partial charge in [0.05, 0.1) is 6.61 Å². The zero-order valence-electron chi connectivity index (χ0n) is 17.5. The number of hydrogen-bond acceptors (Lipinski definition) is 6. The molecule has 1 aromatic carbocycles. The van der Waals surface area contributed by atoms with Crippen LogP contribution in [0.1, 0.15) is 36.8 Å². The number of hydrogen-bond donors (Lipinski definition) is 2. The first kappa shape index (κ1) is 20.5. The molecule has 0 spiro atoms. The predicted octanol–water partition coefficient (Wildman–Crippen LogP) is 4.97. The molecule has 2 aromatic heterocycles. The standard InChI is InChI=1S/C24H23N5O2S/c30-23(27-24-26-22(28-29-24)18-6-4-11-25-14-18)19-5-2-1-3-7-21(32-15-19)17-8-9-20-16(13-17)10-12-31-20/h4,6-9,11,13-15H,1-3,5,10,12H2,(H2,26,27,28,29,30). The van der Waals surface area contributed by atoms with Gasteiger partial charge in [0.15, 0.2) is 5.82 Å². The van der Waals surface area contributed by atoms with Crippen LogP contribution in [0.5, 0.6) is 5.75 Å². The molecule has 0 saturated carbocycles. The van der Waals surface area contributed by atoms with Gasteiger partial charge in [0.1, 0.15) is 5.75 Å². The van der Waals surface area contributed by atoms with E-state index in [0.717, 1.165) is 55.6 Å². The van der Waals surface area contributed by atoms with E-state index in [-0.39, 0.29) is 11.9 Å². The number of pyridine rings is 1. The SMILES string of the molecule is O=C(Nc1n[nH]c(-c2cccnc2)n1)C1=CSC(c2ccc3c(c2)CCO3)=CCCCC1. The Bertz CT molecular complexity index is 1190. The van der Waals surface area contributed by atoms with E-state index in [1.54, 1.807) is 24.2 Å². The summed E-state index contributed by atoms with van der Waals surface area (Å²) in [5.74, 6) is 1.64. The summed E-state index contributed by atoms with van der Waals surface area (Å²) in [5.41, 5.74) is 3.97. The number of aromatic nitrogens is 4. The highest BCUT2D eigenvalue weighted by atomic mass is 32.2. The zero-order valence-corrected chi connectivity index (χ0v) is 18.3. The van der Waals surface area contributed by atoms with E-state index >= 15 is 0 Å². The first-order valence-corrected chi connectivity index (χ1v) is 11.6. The summed E-state index contributed by atoms with van der Waals surface area (Å²) >= 11 is 1.60. The lowest BCUT2D eigenvalue weighted by atomic mass is 10.1. The normalized spacial score (nSPS) is 16.0. The number of fused-ring (bicyclic) bond motifs is 1. The van der Waals surface area contributed by atoms with Crippen molar-refractivity contribution >= 4 is 28.5 Å². The molecule has 5 rings (SSSR count). The van der Waals surface area contributed by atoms with Crippen molar-refractivity contribution in [2.24, 2.45) is 0 Å². The molecule has 2 aliphatic heterocycles. The van der Waals surface area contributed by atoms with Crippen LogP contribution in [0.4, 0.5) is 5.95 Å². The van der Waals surface area contributed by atoms with E-state index < -0.39 is 0 Å². The molecule has 7 nitrogen and oxygen atoms in total. The summed E-state index contributed by atoms with van der Waals surface area (Å²) in [6.07, 6.45) is 10.3. The number of ether oxygens (including phenoxy) is 1. The van der Waals surface area contributed by atoms with E-state index in [4.69, 9.17) is 4.74 Å². The molecule has 8 heteroatoms. The van der Waals surface area contributed by atoms with Gasteiger partial charge in [-0.05, 0) is 66.5 Å². The fourth-order valence-corrected chi connectivity index (χ4v) is 4.73. The lowest BCUT2D eigenvalue weighted by Crippen LogP contribution is -2.15. The number of allylic oxidation sites excluding steroid dienone is 1. The predicted molar refractivity (Wildman–Crippen MR) is 126 cm³/mol. The molecule has 0 radical (unpaired) electrons. The molecule has 162 valence electrons. The maximum Gasteiger partial charge on any atom is 0.254 e. The third-order valence-electron chi connectivity index (χ3n) is 5.47. The van der Waals surface area contributed by atoms with Crippen molar-refractivity contribution < 1.29 is 9.53 Å². The van der Waals surface area contributed by atoms with E-state index in [1.165, 1.54) is 16.0 Å². The number of nitrogens with zero attached hydrogens (tertiary/aromatic N) is 3. The third-order valence-corrected chi connectivity index (χ3v) is 6.53. The average molecular weight is 446 g/mol. The van der Waals surface area contributed by atoms with Gasteiger partial charge >= 0.3 is 0 Å². The van der Waals surface area contributed by atoms with Crippen molar-refractivity contribution in [3.05, 3.63) is 70.9 Å². The minimum absolute atomic E-state index is 0.169. The van der Waals surface area contributed by atoms with Crippen LogP contribution >= 0.6 is 11.8 Å². The Morgan fingerprint density at radius 1 is 1.16 bits per heavy atom. The molecule has 0 fully saturated rings. The molecule has 4 heterocycles. The quantitative estimate of drug-likeness (QED) is 0.589. The summed E-state index contributed by atoms with van der Waals surface area (Å²) < 4.78 is 5.63. The first-order valence-electron chi connectivity index (χ1n) is 10.7. The van der Waals surface area contributed by atoms with Crippen LogP contribution in [0, 0.1) is 0 Å². The molecule has 0 atom stereocenters. The summed E-state index contributed by atoms with van der Waals surface area (Å²) in [5, 5.41) is 11.8. The van der Waals surface area contributed by atoms with Crippen LogP contribution in [0.15, 0.2) is 59.8 Å². The number of aromatic amines is 1. The maximum absolute atomic E-state index is 13.0. The molecule has 2 N–H and O–H groups in total. The van der Waals surface area contributed by atoms with Crippen molar-refractivity contribution in [2.45, 2.75) is 32.1 Å². The highest BCUT2D eigenvalue weighted by Gasteiger charge is 2.17. The first-order chi connectivity index (χ1) is 15.8. The summed E-state index contributed by atoms with van der Waals surface area (Å²) in [6.45, 7) is 0.749. The molecular weight excluding hydrogens is 422 g/mol. The minimum atomic E-state index is -0.169. The van der Waals surface area contributed by atoms with Gasteiger partial charge in [-0.15, -0.1) is 5.10 Å². The van der Waals surface area contributed by atoms with Crippen molar-refractivity contribution in [3.8, 4) is 17.1 Å². The van der Waals surface area contributed by atoms with E-state index in [2.05, 4.69) is 43.7 Å². The fourth-order valence-electron chi connectivity index (χ4n) is 3.76. The van der Waals surface area contributed by atoms with Crippen molar-refractivity contribution in [3.63, 3.8) is 0 Å². The molecule has 1 amide bonds. The van der Waals surface area contributed by atoms with Gasteiger partial charge in [-0.1, -0.05) is 23.9 Å². The Balaban J connectivity index is 1.31. The van der Waals surface area contributed by atoms with E-state index in [9.17, 15) is 4.79 Å². The number of benzene rings is 1. The van der Waals surface area contributed by atoms with Crippen LogP contribution in [-0.4, -0.2) is 32.7 Å². The summed E-state index contributed by atoms with van der Waals surface area (Å²) in [6, 6.07) is 10.1. The lowest BCUT2D eigenvalue weighted by Gasteiger charge is -2.08. The van der Waals surface area contributed by atoms with Gasteiger partial charge in [0, 0.05) is 34.9 Å². The molecule has 32 heavy (non-hydrogen) atoms. The largest absolute Gasteiger partial charge is 0.493 e. The van der Waals surface area contributed by atoms with Crippen LogP contribution in [0.25, 0.3) is 16.3 Å². The highest BCUT2D eigenvalue weighted by molar-refractivity contribution is 8.11. The number of anilines is 1. The fraction of sp³-hybridized carbons (Fsp3) is 0.250. The number of nitrogens with one attached hydrogen (secondary N) is 2. The zero-order chi connectivity index (χ0) is 21.8. The molecule has 2 aliphatic rings. The summed E-state index contributed by atoms with van der Waals surface area (Å²) in [7, 11) is 0. The summed E-state index contributed by atoms with van der Waals surface area (Å²) in [4.78, 5) is 22.6. The lowest BCUT2D eigenvalue weighted by molar-refractivity contribution is -0.113. The topological polar surface area (TPSA) is 92.8 Å². The highest BCUT2D eigenvalue weighted by Crippen LogP contribution is 2.36. The van der Waals surface area contributed by atoms with Gasteiger partial charge in [-0.2, -0.15) is 4.98 Å². The van der Waals surface area contributed by atoms with Gasteiger partial charge in [-0.25, -0.2) is 0 Å². The van der Waals surface area contributed by atoms with Crippen molar-refractivity contribution in [1.29, 1.82) is 0 Å². The van der Waals surface area contributed by atoms with Crippen LogP contribution in [-0.2, 0) is 11.2 Å². The molecule has 0 bridgehead atoms. The molecule has 0 saturated heterocycles. The van der Waals surface area contributed by atoms with Gasteiger partial charge < -0.3 is 4.74 Å². The van der Waals surface area contributed by atoms with E-state index in [1.807, 2.05) is 23.6 Å². The second-order valence-electron chi connectivity index (χ2n) is 7.70. The number of H-pyrrole nitrogens is 1.